The van der Waals surface area contributed by atoms with Gasteiger partial charge in [-0.15, -0.1) is 0 Å². The summed E-state index contributed by atoms with van der Waals surface area (Å²) in [6.07, 6.45) is 0.550. The van der Waals surface area contributed by atoms with Gasteiger partial charge in [0.2, 0.25) is 0 Å². The Kier molecular flexibility index (Phi) is 9.86. The first kappa shape index (κ1) is 17.3. The molecule has 0 aliphatic heterocycles. The van der Waals surface area contributed by atoms with E-state index in [4.69, 9.17) is 18.9 Å². The van der Waals surface area contributed by atoms with Crippen molar-refractivity contribution in [1.29, 1.82) is 0 Å². The fraction of sp³-hybridized carbons (Fsp3) is 0.917. The van der Waals surface area contributed by atoms with Gasteiger partial charge in [0.25, 0.3) is 0 Å². The zero-order chi connectivity index (χ0) is 13.9. The summed E-state index contributed by atoms with van der Waals surface area (Å²) < 4.78 is 20.2. The number of nitrogens with one attached hydrogen (secondary N) is 1. The van der Waals surface area contributed by atoms with Crippen LogP contribution in [0, 0.1) is 0 Å². The van der Waals surface area contributed by atoms with Gasteiger partial charge in [0, 0.05) is 13.7 Å². The monoisotopic (exact) mass is 263 g/mol. The topological polar surface area (TPSA) is 66.0 Å². The van der Waals surface area contributed by atoms with E-state index >= 15 is 0 Å². The second kappa shape index (κ2) is 10.3. The molecule has 0 bridgehead atoms. The smallest absolute Gasteiger partial charge is 0.325 e. The van der Waals surface area contributed by atoms with Gasteiger partial charge in [0.15, 0.2) is 0 Å². The Morgan fingerprint density at radius 2 is 1.61 bits per heavy atom. The van der Waals surface area contributed by atoms with Gasteiger partial charge >= 0.3 is 5.97 Å². The Hall–Kier alpha value is -0.690. The quantitative estimate of drug-likeness (QED) is 0.424. The van der Waals surface area contributed by atoms with Crippen LogP contribution in [0.25, 0.3) is 0 Å². The Bertz CT molecular complexity index is 225. The summed E-state index contributed by atoms with van der Waals surface area (Å²) in [6.45, 7) is 4.44. The van der Waals surface area contributed by atoms with Gasteiger partial charge in [-0.1, -0.05) is 0 Å². The lowest BCUT2D eigenvalue weighted by molar-refractivity contribution is -0.148. The summed E-state index contributed by atoms with van der Waals surface area (Å²) in [5.41, 5.74) is -0.703. The van der Waals surface area contributed by atoms with E-state index in [1.54, 1.807) is 21.1 Å². The van der Waals surface area contributed by atoms with E-state index in [-0.39, 0.29) is 5.97 Å². The van der Waals surface area contributed by atoms with Crippen molar-refractivity contribution in [1.82, 2.24) is 5.32 Å². The average Bonchev–Trinajstić information content (AvgIpc) is 2.40. The van der Waals surface area contributed by atoms with Gasteiger partial charge in [-0.25, -0.2) is 0 Å². The third-order valence-electron chi connectivity index (χ3n) is 2.74. The summed E-state index contributed by atoms with van der Waals surface area (Å²) >= 11 is 0. The molecule has 1 atom stereocenters. The van der Waals surface area contributed by atoms with Gasteiger partial charge in [0.1, 0.15) is 5.54 Å². The highest BCUT2D eigenvalue weighted by atomic mass is 16.5. The Labute approximate surface area is 109 Å². The third kappa shape index (κ3) is 6.90. The molecule has 0 fully saturated rings. The van der Waals surface area contributed by atoms with Crippen LogP contribution in [-0.2, 0) is 23.7 Å². The zero-order valence-electron chi connectivity index (χ0n) is 11.8. The van der Waals surface area contributed by atoms with Crippen molar-refractivity contribution < 1.29 is 23.7 Å². The van der Waals surface area contributed by atoms with Gasteiger partial charge < -0.3 is 24.3 Å². The van der Waals surface area contributed by atoms with Crippen molar-refractivity contribution in [3.8, 4) is 0 Å². The Morgan fingerprint density at radius 3 is 2.11 bits per heavy atom. The Morgan fingerprint density at radius 1 is 1.06 bits per heavy atom. The van der Waals surface area contributed by atoms with E-state index in [9.17, 15) is 4.79 Å². The minimum absolute atomic E-state index is 0.287. The lowest BCUT2D eigenvalue weighted by Gasteiger charge is -2.25. The van der Waals surface area contributed by atoms with Crippen LogP contribution < -0.4 is 5.32 Å². The summed E-state index contributed by atoms with van der Waals surface area (Å²) in [5, 5.41) is 2.95. The van der Waals surface area contributed by atoms with Crippen LogP contribution in [0.4, 0.5) is 0 Å². The predicted molar refractivity (Wildman–Crippen MR) is 67.6 cm³/mol. The molecule has 1 unspecified atom stereocenters. The number of ether oxygens (including phenoxy) is 4. The lowest BCUT2D eigenvalue weighted by Crippen LogP contribution is -2.49. The second-order valence-corrected chi connectivity index (χ2v) is 4.04. The Balaban J connectivity index is 3.60. The average molecular weight is 263 g/mol. The largest absolute Gasteiger partial charge is 0.468 e. The molecule has 0 heterocycles. The number of rotatable bonds is 11. The van der Waals surface area contributed by atoms with Crippen LogP contribution >= 0.6 is 0 Å². The number of likely N-dealkylation sites (N-methyl/N-ethyl adjacent to an activating group) is 1. The molecule has 0 aromatic carbocycles. The summed E-state index contributed by atoms with van der Waals surface area (Å²) in [7, 11) is 4.73. The highest BCUT2D eigenvalue weighted by Crippen LogP contribution is 2.11. The van der Waals surface area contributed by atoms with Crippen LogP contribution in [0.2, 0.25) is 0 Å². The number of methoxy groups -OCH3 is 2. The first-order valence-corrected chi connectivity index (χ1v) is 6.02. The first-order valence-electron chi connectivity index (χ1n) is 6.02. The fourth-order valence-electron chi connectivity index (χ4n) is 1.29. The molecule has 108 valence electrons. The lowest BCUT2D eigenvalue weighted by atomic mass is 9.99. The van der Waals surface area contributed by atoms with E-state index < -0.39 is 5.54 Å². The van der Waals surface area contributed by atoms with E-state index in [1.165, 1.54) is 7.11 Å². The molecule has 0 radical (unpaired) electrons. The maximum absolute atomic E-state index is 11.5. The summed E-state index contributed by atoms with van der Waals surface area (Å²) in [5.74, 6) is -0.287. The summed E-state index contributed by atoms with van der Waals surface area (Å²) in [6, 6.07) is 0. The standard InChI is InChI=1S/C12H25NO5/c1-12(13-2,11(14)16-4)5-6-17-9-10-18-8-7-15-3/h13H,5-10H2,1-4H3. The van der Waals surface area contributed by atoms with Crippen molar-refractivity contribution >= 4 is 5.97 Å². The maximum Gasteiger partial charge on any atom is 0.325 e. The van der Waals surface area contributed by atoms with Crippen molar-refractivity contribution in [3.63, 3.8) is 0 Å². The minimum Gasteiger partial charge on any atom is -0.468 e. The van der Waals surface area contributed by atoms with Gasteiger partial charge in [-0.05, 0) is 20.4 Å². The summed E-state index contributed by atoms with van der Waals surface area (Å²) in [4.78, 5) is 11.5. The number of carbonyl (C=O) groups is 1. The van der Waals surface area contributed by atoms with Crippen LogP contribution in [0.5, 0.6) is 0 Å². The number of hydrogen-bond donors (Lipinski definition) is 1. The number of esters is 1. The molecular formula is C12H25NO5. The number of carbonyl (C=O) groups excluding carboxylic acids is 1. The molecule has 0 rings (SSSR count). The molecule has 0 aromatic heterocycles. The molecule has 18 heavy (non-hydrogen) atoms. The highest BCUT2D eigenvalue weighted by Gasteiger charge is 2.31. The molecule has 6 heteroatoms. The normalized spacial score (nSPS) is 14.2. The fourth-order valence-corrected chi connectivity index (χ4v) is 1.29. The molecular weight excluding hydrogens is 238 g/mol. The van der Waals surface area contributed by atoms with Crippen molar-refractivity contribution in [2.75, 3.05) is 54.3 Å². The second-order valence-electron chi connectivity index (χ2n) is 4.04. The van der Waals surface area contributed by atoms with Crippen LogP contribution in [0.15, 0.2) is 0 Å². The van der Waals surface area contributed by atoms with Gasteiger partial charge in [-0.2, -0.15) is 0 Å². The minimum atomic E-state index is -0.703. The molecule has 0 saturated carbocycles. The molecule has 0 saturated heterocycles. The molecule has 1 N–H and O–H groups in total. The third-order valence-corrected chi connectivity index (χ3v) is 2.74. The SMILES string of the molecule is CNC(C)(CCOCCOCCOC)C(=O)OC. The van der Waals surface area contributed by atoms with E-state index in [1.807, 2.05) is 0 Å². The van der Waals surface area contributed by atoms with Gasteiger partial charge in [-0.3, -0.25) is 4.79 Å². The molecule has 6 nitrogen and oxygen atoms in total. The highest BCUT2D eigenvalue weighted by molar-refractivity contribution is 5.80. The molecule has 0 aliphatic rings. The zero-order valence-corrected chi connectivity index (χ0v) is 11.8. The molecule has 0 spiro atoms. The molecule has 0 aliphatic carbocycles. The molecule has 0 aromatic rings. The van der Waals surface area contributed by atoms with Crippen molar-refractivity contribution in [2.45, 2.75) is 18.9 Å². The molecule has 0 amide bonds. The van der Waals surface area contributed by atoms with Crippen LogP contribution in [0.3, 0.4) is 0 Å². The van der Waals surface area contributed by atoms with E-state index in [2.05, 4.69) is 5.32 Å². The maximum atomic E-state index is 11.5. The first-order chi connectivity index (χ1) is 8.60. The number of hydrogen-bond acceptors (Lipinski definition) is 6. The van der Waals surface area contributed by atoms with E-state index in [0.29, 0.717) is 39.5 Å². The van der Waals surface area contributed by atoms with Crippen LogP contribution in [-0.4, -0.2) is 65.8 Å². The predicted octanol–water partition coefficient (Wildman–Crippen LogP) is 0.207. The van der Waals surface area contributed by atoms with Crippen molar-refractivity contribution in [3.05, 3.63) is 0 Å². The van der Waals surface area contributed by atoms with E-state index in [0.717, 1.165) is 0 Å². The van der Waals surface area contributed by atoms with Crippen LogP contribution in [0.1, 0.15) is 13.3 Å². The van der Waals surface area contributed by atoms with Gasteiger partial charge in [0.05, 0.1) is 33.5 Å². The van der Waals surface area contributed by atoms with Crippen molar-refractivity contribution in [2.24, 2.45) is 0 Å².